The Morgan fingerprint density at radius 3 is 2.15 bits per heavy atom. The van der Waals surface area contributed by atoms with Crippen LogP contribution in [0, 0.1) is 45.1 Å². The van der Waals surface area contributed by atoms with Crippen molar-refractivity contribution in [2.24, 2.45) is 10.8 Å². The molecule has 238 valence electrons. The summed E-state index contributed by atoms with van der Waals surface area (Å²) in [6, 6.07) is 17.9. The molecule has 2 aromatic rings. The Labute approximate surface area is 271 Å². The second kappa shape index (κ2) is 12.4. The highest BCUT2D eigenvalue weighted by molar-refractivity contribution is 5.48. The lowest BCUT2D eigenvalue weighted by molar-refractivity contribution is -0.0705. The average molecular weight is 622 g/mol. The summed E-state index contributed by atoms with van der Waals surface area (Å²) >= 11 is 0. The molecule has 2 aliphatic carbocycles. The largest absolute Gasteiger partial charge is 0.365 e. The fourth-order valence-corrected chi connectivity index (χ4v) is 8.29. The van der Waals surface area contributed by atoms with Crippen LogP contribution < -0.4 is 0 Å². The predicted molar refractivity (Wildman–Crippen MR) is 173 cm³/mol. The van der Waals surface area contributed by atoms with Crippen molar-refractivity contribution in [3.05, 3.63) is 118 Å². The van der Waals surface area contributed by atoms with E-state index >= 15 is 0 Å². The van der Waals surface area contributed by atoms with E-state index in [-0.39, 0.29) is 22.5 Å². The number of hydrogen-bond acceptors (Lipinski definition) is 5. The highest BCUT2D eigenvalue weighted by Gasteiger charge is 2.57. The van der Waals surface area contributed by atoms with Gasteiger partial charge in [0.15, 0.2) is 0 Å². The molecule has 0 spiro atoms. The topological polar surface area (TPSA) is 69.3 Å². The van der Waals surface area contributed by atoms with E-state index in [1.165, 1.54) is 24.3 Å². The third-order valence-electron chi connectivity index (χ3n) is 10.9. The van der Waals surface area contributed by atoms with Gasteiger partial charge in [-0.3, -0.25) is 0 Å². The molecule has 2 fully saturated rings. The van der Waals surface area contributed by atoms with Crippen LogP contribution in [0.3, 0.4) is 0 Å². The van der Waals surface area contributed by atoms with Gasteiger partial charge in [0.1, 0.15) is 22.8 Å². The van der Waals surface area contributed by atoms with Crippen LogP contribution in [-0.4, -0.2) is 38.3 Å². The second-order valence-corrected chi connectivity index (χ2v) is 13.9. The fourth-order valence-electron chi connectivity index (χ4n) is 8.29. The lowest BCUT2D eigenvalue weighted by atomic mass is 9.62. The molecule has 4 unspecified atom stereocenters. The van der Waals surface area contributed by atoms with Crippen LogP contribution in [0.1, 0.15) is 63.5 Å². The van der Waals surface area contributed by atoms with Crippen molar-refractivity contribution in [2.75, 3.05) is 33.4 Å². The number of rotatable bonds is 10. The van der Waals surface area contributed by atoms with E-state index in [0.717, 1.165) is 66.6 Å². The zero-order valence-electron chi connectivity index (χ0n) is 26.9. The summed E-state index contributed by atoms with van der Waals surface area (Å²) in [4.78, 5) is 2.33. The monoisotopic (exact) mass is 621 g/mol. The number of benzene rings is 2. The Hall–Kier alpha value is -3.88. The number of hydrogen-bond donors (Lipinski definition) is 0. The Morgan fingerprint density at radius 2 is 1.50 bits per heavy atom. The van der Waals surface area contributed by atoms with Gasteiger partial charge >= 0.3 is 0 Å². The Kier molecular flexibility index (Phi) is 8.63. The van der Waals surface area contributed by atoms with Gasteiger partial charge in [-0.25, -0.2) is 8.78 Å². The van der Waals surface area contributed by atoms with Crippen LogP contribution in [0.25, 0.3) is 0 Å². The normalized spacial score (nSPS) is 30.0. The van der Waals surface area contributed by atoms with E-state index in [2.05, 4.69) is 44.0 Å². The molecule has 7 heteroatoms. The Bertz CT molecular complexity index is 1700. The molecule has 6 rings (SSSR count). The number of ether oxygens (including phenoxy) is 2. The second-order valence-electron chi connectivity index (χ2n) is 13.9. The Morgan fingerprint density at radius 1 is 0.848 bits per heavy atom. The summed E-state index contributed by atoms with van der Waals surface area (Å²) in [7, 11) is 2.13. The minimum atomic E-state index is -0.667. The average Bonchev–Trinajstić information content (AvgIpc) is 3.52. The third kappa shape index (κ3) is 5.45. The van der Waals surface area contributed by atoms with Gasteiger partial charge in [0.2, 0.25) is 0 Å². The zero-order chi connectivity index (χ0) is 32.6. The lowest BCUT2D eigenvalue weighted by Crippen LogP contribution is -2.42. The highest BCUT2D eigenvalue weighted by Crippen LogP contribution is 2.59. The number of nitriles is 2. The van der Waals surface area contributed by atoms with Gasteiger partial charge in [0.25, 0.3) is 0 Å². The van der Waals surface area contributed by atoms with Crippen LogP contribution in [0.5, 0.6) is 0 Å². The van der Waals surface area contributed by atoms with Crippen molar-refractivity contribution < 1.29 is 18.3 Å². The maximum atomic E-state index is 14.0. The summed E-state index contributed by atoms with van der Waals surface area (Å²) in [5.74, 6) is -0.553. The molecule has 2 aromatic carbocycles. The fraction of sp³-hybridized carbons (Fsp3) is 0.436. The van der Waals surface area contributed by atoms with Gasteiger partial charge in [-0.05, 0) is 117 Å². The summed E-state index contributed by atoms with van der Waals surface area (Å²) in [6.07, 6.45) is 12.5. The van der Waals surface area contributed by atoms with E-state index in [1.54, 1.807) is 0 Å². The number of halogens is 2. The van der Waals surface area contributed by atoms with Crippen molar-refractivity contribution in [1.82, 2.24) is 4.90 Å². The zero-order valence-corrected chi connectivity index (χ0v) is 26.9. The molecule has 0 amide bonds. The first-order valence-corrected chi connectivity index (χ1v) is 16.2. The van der Waals surface area contributed by atoms with Crippen molar-refractivity contribution in [3.8, 4) is 12.1 Å². The highest BCUT2D eigenvalue weighted by atomic mass is 19.1. The maximum Gasteiger partial charge on any atom is 0.123 e. The molecule has 0 N–H and O–H groups in total. The minimum Gasteiger partial charge on any atom is -0.365 e. The molecule has 0 aromatic heterocycles. The van der Waals surface area contributed by atoms with Gasteiger partial charge in [-0.2, -0.15) is 10.5 Å². The molecule has 0 saturated carbocycles. The summed E-state index contributed by atoms with van der Waals surface area (Å²) in [5.41, 5.74) is 3.71. The molecule has 0 radical (unpaired) electrons. The third-order valence-corrected chi connectivity index (χ3v) is 10.9. The van der Waals surface area contributed by atoms with Crippen LogP contribution in [0.15, 0.2) is 95.1 Å². The minimum absolute atomic E-state index is 0.275. The van der Waals surface area contributed by atoms with Gasteiger partial charge in [-0.15, -0.1) is 0 Å². The standard InChI is InChI=1S/C39H41F2N3O2/c1-36-23-29(25-43)6-15-35(36)38(46-27-36,30-7-11-33(40)12-8-30)17-4-20-44(3)21-5-18-39(31-9-13-34(41)14-10-31)37(2)19-16-28(24-42)22-32(37)26-45-39/h6-16,22H,4-5,17-21,23,26-27H2,1-3H3. The van der Waals surface area contributed by atoms with Crippen LogP contribution in [0.4, 0.5) is 8.78 Å². The summed E-state index contributed by atoms with van der Waals surface area (Å²) in [6.45, 7) is 7.02. The maximum absolute atomic E-state index is 14.0. The van der Waals surface area contributed by atoms with Crippen molar-refractivity contribution in [1.29, 1.82) is 10.5 Å². The molecule has 46 heavy (non-hydrogen) atoms. The van der Waals surface area contributed by atoms with Gasteiger partial charge in [0, 0.05) is 22.0 Å². The van der Waals surface area contributed by atoms with E-state index in [0.29, 0.717) is 31.6 Å². The molecular weight excluding hydrogens is 580 g/mol. The van der Waals surface area contributed by atoms with E-state index < -0.39 is 11.2 Å². The van der Waals surface area contributed by atoms with Crippen molar-refractivity contribution in [3.63, 3.8) is 0 Å². The quantitative estimate of drug-likeness (QED) is 0.268. The molecule has 4 aliphatic rings. The first-order valence-electron chi connectivity index (χ1n) is 16.2. The number of fused-ring (bicyclic) bond motifs is 2. The first-order chi connectivity index (χ1) is 22.1. The molecular formula is C39H41F2N3O2. The smallest absolute Gasteiger partial charge is 0.123 e. The van der Waals surface area contributed by atoms with E-state index in [9.17, 15) is 19.3 Å². The molecule has 4 atom stereocenters. The van der Waals surface area contributed by atoms with Crippen molar-refractivity contribution in [2.45, 2.75) is 63.6 Å². The number of nitrogens with zero attached hydrogens (tertiary/aromatic N) is 3. The van der Waals surface area contributed by atoms with Gasteiger partial charge < -0.3 is 14.4 Å². The van der Waals surface area contributed by atoms with Gasteiger partial charge in [-0.1, -0.05) is 50.3 Å². The lowest BCUT2D eigenvalue weighted by Gasteiger charge is -2.44. The van der Waals surface area contributed by atoms with Crippen LogP contribution in [-0.2, 0) is 20.7 Å². The van der Waals surface area contributed by atoms with Gasteiger partial charge in [0.05, 0.1) is 25.4 Å². The Balaban J connectivity index is 1.15. The van der Waals surface area contributed by atoms with E-state index in [1.807, 2.05) is 42.5 Å². The van der Waals surface area contributed by atoms with Crippen molar-refractivity contribution >= 4 is 0 Å². The predicted octanol–water partition coefficient (Wildman–Crippen LogP) is 8.18. The van der Waals surface area contributed by atoms with Crippen LogP contribution in [0.2, 0.25) is 0 Å². The summed E-state index contributed by atoms with van der Waals surface area (Å²) in [5, 5.41) is 19.1. The molecule has 5 nitrogen and oxygen atoms in total. The SMILES string of the molecule is CN(CCCC1(c2ccc(F)cc2)OCC2(C)CC(C#N)=CC=C21)CCCC1(c2ccc(F)cc2)OCC2=CC(C#N)=CCC21C. The first kappa shape index (κ1) is 32.1. The molecule has 2 aliphatic heterocycles. The summed E-state index contributed by atoms with van der Waals surface area (Å²) < 4.78 is 41.2. The van der Waals surface area contributed by atoms with Crippen LogP contribution >= 0.6 is 0 Å². The number of allylic oxidation sites excluding steroid dienone is 6. The molecule has 2 saturated heterocycles. The molecule has 2 heterocycles. The molecule has 0 bridgehead atoms. The van der Waals surface area contributed by atoms with E-state index in [4.69, 9.17) is 9.47 Å².